The summed E-state index contributed by atoms with van der Waals surface area (Å²) >= 11 is 0. The molecular formula is C24H22N6O2S. The molecule has 1 aliphatic rings. The molecule has 1 aromatic carbocycles. The molecule has 1 fully saturated rings. The molecule has 0 saturated carbocycles. The number of nitrogens with zero attached hydrogens (tertiary/aromatic N) is 5. The minimum absolute atomic E-state index is 0.0318. The Morgan fingerprint density at radius 2 is 1.88 bits per heavy atom. The van der Waals surface area contributed by atoms with Gasteiger partial charge in [-0.2, -0.15) is 9.61 Å². The Hall–Kier alpha value is -3.56. The first-order chi connectivity index (χ1) is 16.0. The van der Waals surface area contributed by atoms with Gasteiger partial charge in [0, 0.05) is 53.5 Å². The van der Waals surface area contributed by atoms with E-state index in [-0.39, 0.29) is 5.92 Å². The maximum absolute atomic E-state index is 12.0. The van der Waals surface area contributed by atoms with E-state index in [9.17, 15) is 8.42 Å². The van der Waals surface area contributed by atoms with E-state index in [2.05, 4.69) is 15.1 Å². The predicted molar refractivity (Wildman–Crippen MR) is 127 cm³/mol. The lowest BCUT2D eigenvalue weighted by Crippen LogP contribution is -2.27. The van der Waals surface area contributed by atoms with Crippen molar-refractivity contribution in [3.05, 3.63) is 72.8 Å². The van der Waals surface area contributed by atoms with Crippen molar-refractivity contribution in [2.45, 2.75) is 12.3 Å². The zero-order valence-electron chi connectivity index (χ0n) is 18.0. The molecule has 1 atom stereocenters. The topological polar surface area (TPSA) is 96.2 Å². The molecule has 0 radical (unpaired) electrons. The maximum atomic E-state index is 12.0. The summed E-state index contributed by atoms with van der Waals surface area (Å²) in [4.78, 5) is 13.0. The predicted octanol–water partition coefficient (Wildman–Crippen LogP) is 3.69. The van der Waals surface area contributed by atoms with Gasteiger partial charge in [0.05, 0.1) is 23.8 Å². The second-order valence-electron chi connectivity index (χ2n) is 8.44. The zero-order valence-corrected chi connectivity index (χ0v) is 18.8. The molecule has 5 heterocycles. The number of aromatic amines is 1. The van der Waals surface area contributed by atoms with Gasteiger partial charge in [-0.15, -0.1) is 0 Å². The minimum Gasteiger partial charge on any atom is -0.346 e. The molecule has 1 saturated heterocycles. The quantitative estimate of drug-likeness (QED) is 0.443. The Morgan fingerprint density at radius 3 is 2.61 bits per heavy atom. The first-order valence-electron chi connectivity index (χ1n) is 10.8. The van der Waals surface area contributed by atoms with Crippen molar-refractivity contribution in [2.75, 3.05) is 19.3 Å². The van der Waals surface area contributed by atoms with Crippen LogP contribution in [-0.2, 0) is 10.0 Å². The molecule has 9 heteroatoms. The number of benzene rings is 1. The van der Waals surface area contributed by atoms with Gasteiger partial charge >= 0.3 is 0 Å². The Balaban J connectivity index is 1.44. The van der Waals surface area contributed by atoms with Crippen molar-refractivity contribution in [1.29, 1.82) is 0 Å². The number of H-pyrrole nitrogens is 1. The molecule has 0 aliphatic carbocycles. The molecule has 1 N–H and O–H groups in total. The number of nitrogens with one attached hydrogen (secondary N) is 1. The van der Waals surface area contributed by atoms with Crippen LogP contribution in [0.15, 0.2) is 67.1 Å². The van der Waals surface area contributed by atoms with E-state index >= 15 is 0 Å². The zero-order chi connectivity index (χ0) is 22.6. The summed E-state index contributed by atoms with van der Waals surface area (Å²) in [7, 11) is -3.22. The van der Waals surface area contributed by atoms with Gasteiger partial charge in [0.15, 0.2) is 5.65 Å². The van der Waals surface area contributed by atoms with E-state index in [1.54, 1.807) is 0 Å². The van der Waals surface area contributed by atoms with Crippen LogP contribution in [-0.4, -0.2) is 56.6 Å². The number of aromatic nitrogens is 5. The van der Waals surface area contributed by atoms with Crippen LogP contribution in [0.2, 0.25) is 0 Å². The highest BCUT2D eigenvalue weighted by molar-refractivity contribution is 7.88. The van der Waals surface area contributed by atoms with Gasteiger partial charge in [0.25, 0.3) is 0 Å². The van der Waals surface area contributed by atoms with Crippen molar-refractivity contribution in [2.24, 2.45) is 0 Å². The van der Waals surface area contributed by atoms with Crippen molar-refractivity contribution in [3.63, 3.8) is 0 Å². The fraction of sp³-hybridized carbons (Fsp3) is 0.208. The first-order valence-corrected chi connectivity index (χ1v) is 12.7. The van der Waals surface area contributed by atoms with E-state index < -0.39 is 10.0 Å². The van der Waals surface area contributed by atoms with Gasteiger partial charge in [-0.25, -0.2) is 17.7 Å². The van der Waals surface area contributed by atoms with E-state index in [0.29, 0.717) is 13.1 Å². The standard InChI is InChI=1S/C24H22N6O2S/c1-33(31,32)29-12-10-18(15-29)22-19-9-11-25-23(19)30-24(28-22)20(14-27-30)17-7-8-21(26-13-17)16-5-3-2-4-6-16/h2-9,11,13-14,18,25H,10,12,15H2,1H3. The monoisotopic (exact) mass is 458 g/mol. The lowest BCUT2D eigenvalue weighted by molar-refractivity contribution is 0.478. The SMILES string of the molecule is CS(=O)(=O)N1CCC(c2nc3c(-c4ccc(-c5ccccc5)nc4)cnn3c3[nH]ccc23)C1. The summed E-state index contributed by atoms with van der Waals surface area (Å²) in [5.41, 5.74) is 6.27. The summed E-state index contributed by atoms with van der Waals surface area (Å²) in [6.45, 7) is 0.957. The highest BCUT2D eigenvalue weighted by Gasteiger charge is 2.32. The van der Waals surface area contributed by atoms with Crippen LogP contribution in [0.1, 0.15) is 18.0 Å². The largest absolute Gasteiger partial charge is 0.346 e. The Morgan fingerprint density at radius 1 is 1.03 bits per heavy atom. The maximum Gasteiger partial charge on any atom is 0.211 e. The van der Waals surface area contributed by atoms with E-state index in [4.69, 9.17) is 4.98 Å². The molecule has 4 aromatic heterocycles. The molecule has 166 valence electrons. The third kappa shape index (κ3) is 3.40. The molecule has 0 bridgehead atoms. The van der Waals surface area contributed by atoms with E-state index in [1.165, 1.54) is 10.6 Å². The van der Waals surface area contributed by atoms with Crippen LogP contribution in [0.4, 0.5) is 0 Å². The second-order valence-corrected chi connectivity index (χ2v) is 10.4. The van der Waals surface area contributed by atoms with Gasteiger partial charge in [-0.1, -0.05) is 36.4 Å². The van der Waals surface area contributed by atoms with Crippen molar-refractivity contribution in [1.82, 2.24) is 28.9 Å². The van der Waals surface area contributed by atoms with Gasteiger partial charge < -0.3 is 4.98 Å². The summed E-state index contributed by atoms with van der Waals surface area (Å²) < 4.78 is 27.4. The molecule has 33 heavy (non-hydrogen) atoms. The molecule has 1 unspecified atom stereocenters. The van der Waals surface area contributed by atoms with Gasteiger partial charge in [-0.3, -0.25) is 4.98 Å². The Bertz CT molecular complexity index is 1570. The number of hydrogen-bond acceptors (Lipinski definition) is 5. The third-order valence-corrected chi connectivity index (χ3v) is 7.60. The molecule has 8 nitrogen and oxygen atoms in total. The van der Waals surface area contributed by atoms with Crippen molar-refractivity contribution < 1.29 is 8.42 Å². The molecule has 0 spiro atoms. The van der Waals surface area contributed by atoms with Crippen LogP contribution < -0.4 is 0 Å². The fourth-order valence-corrected chi connectivity index (χ4v) is 5.52. The third-order valence-electron chi connectivity index (χ3n) is 6.33. The van der Waals surface area contributed by atoms with Crippen LogP contribution >= 0.6 is 0 Å². The van der Waals surface area contributed by atoms with Crippen LogP contribution in [0.5, 0.6) is 0 Å². The summed E-state index contributed by atoms with van der Waals surface area (Å²) in [6.07, 6.45) is 7.53. The van der Waals surface area contributed by atoms with Crippen molar-refractivity contribution in [3.8, 4) is 22.4 Å². The van der Waals surface area contributed by atoms with E-state index in [1.807, 2.05) is 71.6 Å². The first kappa shape index (κ1) is 20.1. The van der Waals surface area contributed by atoms with Crippen LogP contribution in [0.3, 0.4) is 0 Å². The van der Waals surface area contributed by atoms with E-state index in [0.717, 1.165) is 51.2 Å². The molecule has 1 aliphatic heterocycles. The Kier molecular flexibility index (Phi) is 4.56. The average molecular weight is 459 g/mol. The highest BCUT2D eigenvalue weighted by atomic mass is 32.2. The normalized spacial score (nSPS) is 17.3. The molecule has 0 amide bonds. The fourth-order valence-electron chi connectivity index (χ4n) is 4.63. The number of rotatable bonds is 4. The number of hydrogen-bond donors (Lipinski definition) is 1. The molecule has 6 rings (SSSR count). The minimum atomic E-state index is -3.22. The highest BCUT2D eigenvalue weighted by Crippen LogP contribution is 2.34. The Labute approximate surface area is 191 Å². The second kappa shape index (κ2) is 7.50. The van der Waals surface area contributed by atoms with Gasteiger partial charge in [0.1, 0.15) is 5.65 Å². The number of sulfonamides is 1. The summed E-state index contributed by atoms with van der Waals surface area (Å²) in [5.74, 6) is 0.0318. The van der Waals surface area contributed by atoms with Crippen LogP contribution in [0.25, 0.3) is 39.1 Å². The van der Waals surface area contributed by atoms with Crippen molar-refractivity contribution >= 4 is 26.7 Å². The lowest BCUT2D eigenvalue weighted by atomic mass is 10.0. The number of pyridine rings is 1. The summed E-state index contributed by atoms with van der Waals surface area (Å²) in [5, 5.41) is 5.55. The average Bonchev–Trinajstić information content (AvgIpc) is 3.58. The van der Waals surface area contributed by atoms with Gasteiger partial charge in [0.2, 0.25) is 10.0 Å². The van der Waals surface area contributed by atoms with Crippen LogP contribution in [0, 0.1) is 0 Å². The summed E-state index contributed by atoms with van der Waals surface area (Å²) in [6, 6.07) is 16.1. The smallest absolute Gasteiger partial charge is 0.211 e. The number of fused-ring (bicyclic) bond motifs is 3. The van der Waals surface area contributed by atoms with Gasteiger partial charge in [-0.05, 0) is 18.6 Å². The lowest BCUT2D eigenvalue weighted by Gasteiger charge is -2.14. The molecule has 5 aromatic rings. The molecular weight excluding hydrogens is 436 g/mol.